The number of amides is 1. The lowest BCUT2D eigenvalue weighted by Crippen LogP contribution is -2.62. The topological polar surface area (TPSA) is 59.9 Å². The predicted octanol–water partition coefficient (Wildman–Crippen LogP) is 4.94. The zero-order valence-corrected chi connectivity index (χ0v) is 17.3. The largest absolute Gasteiger partial charge is 0.444 e. The highest BCUT2D eigenvalue weighted by atomic mass is 79.9. The number of nitrogens with one attached hydrogen (secondary N) is 1. The van der Waals surface area contributed by atoms with Crippen LogP contribution in [0.25, 0.3) is 0 Å². The molecule has 150 valence electrons. The van der Waals surface area contributed by atoms with E-state index >= 15 is 0 Å². The molecule has 1 aliphatic rings. The minimum absolute atomic E-state index is 0.307. The zero-order valence-electron chi connectivity index (χ0n) is 15.7. The highest BCUT2D eigenvalue weighted by Crippen LogP contribution is 2.41. The second kappa shape index (κ2) is 7.09. The van der Waals surface area contributed by atoms with Gasteiger partial charge in [-0.2, -0.15) is 13.2 Å². The Hall–Kier alpha value is -1.61. The number of ether oxygens (including phenoxy) is 2. The summed E-state index contributed by atoms with van der Waals surface area (Å²) in [5, 5.41) is 2.14. The number of amidine groups is 1. The highest BCUT2D eigenvalue weighted by molar-refractivity contribution is 9.10. The second-order valence-electron chi connectivity index (χ2n) is 7.69. The molecular formula is C18H22BrF3N2O3. The Morgan fingerprint density at radius 1 is 1.30 bits per heavy atom. The van der Waals surface area contributed by atoms with Crippen molar-refractivity contribution in [1.82, 2.24) is 5.32 Å². The van der Waals surface area contributed by atoms with Crippen molar-refractivity contribution in [2.75, 3.05) is 6.61 Å². The quantitative estimate of drug-likeness (QED) is 0.658. The summed E-state index contributed by atoms with van der Waals surface area (Å²) in [5.41, 5.74) is -4.10. The Kier molecular flexibility index (Phi) is 5.69. The second-order valence-corrected chi connectivity index (χ2v) is 8.61. The van der Waals surface area contributed by atoms with Crippen LogP contribution in [-0.4, -0.2) is 35.9 Å². The molecule has 9 heteroatoms. The SMILES string of the molecule is CC(C)(C)OC(=O)NC1=NC(C)(c2cccc(Br)c2)COC1(C)C(F)(F)F. The summed E-state index contributed by atoms with van der Waals surface area (Å²) in [6.45, 7) is 7.01. The molecule has 0 spiro atoms. The summed E-state index contributed by atoms with van der Waals surface area (Å²) in [7, 11) is 0. The number of nitrogens with zero attached hydrogens (tertiary/aromatic N) is 1. The van der Waals surface area contributed by atoms with Crippen molar-refractivity contribution in [2.45, 2.75) is 57.5 Å². The van der Waals surface area contributed by atoms with Gasteiger partial charge in [0.1, 0.15) is 17.0 Å². The molecule has 0 aliphatic carbocycles. The lowest BCUT2D eigenvalue weighted by molar-refractivity contribution is -0.250. The van der Waals surface area contributed by atoms with Crippen LogP contribution in [0, 0.1) is 0 Å². The Labute approximate surface area is 164 Å². The van der Waals surface area contributed by atoms with Crippen molar-refractivity contribution < 1.29 is 27.4 Å². The van der Waals surface area contributed by atoms with E-state index in [1.807, 2.05) is 0 Å². The summed E-state index contributed by atoms with van der Waals surface area (Å²) in [6, 6.07) is 7.02. The number of hydrogen-bond acceptors (Lipinski definition) is 4. The molecule has 0 saturated heterocycles. The first-order valence-corrected chi connectivity index (χ1v) is 9.03. The number of alkyl carbamates (subject to hydrolysis) is 1. The molecule has 2 unspecified atom stereocenters. The maximum Gasteiger partial charge on any atom is 0.424 e. The van der Waals surface area contributed by atoms with E-state index in [4.69, 9.17) is 9.47 Å². The first-order chi connectivity index (χ1) is 12.2. The third kappa shape index (κ3) is 4.82. The fraction of sp³-hybridized carbons (Fsp3) is 0.556. The van der Waals surface area contributed by atoms with Crippen LogP contribution in [-0.2, 0) is 15.0 Å². The number of aliphatic imine (C=N–C) groups is 1. The van der Waals surface area contributed by atoms with Crippen LogP contribution in [0.1, 0.15) is 40.2 Å². The van der Waals surface area contributed by atoms with Gasteiger partial charge < -0.3 is 9.47 Å². The van der Waals surface area contributed by atoms with E-state index in [9.17, 15) is 18.0 Å². The molecule has 1 aromatic carbocycles. The van der Waals surface area contributed by atoms with Crippen LogP contribution < -0.4 is 5.32 Å². The molecule has 1 aromatic rings. The van der Waals surface area contributed by atoms with Crippen LogP contribution >= 0.6 is 15.9 Å². The molecule has 2 rings (SSSR count). The average Bonchev–Trinajstić information content (AvgIpc) is 2.48. The third-order valence-electron chi connectivity index (χ3n) is 4.06. The van der Waals surface area contributed by atoms with Gasteiger partial charge in [-0.05, 0) is 52.3 Å². The van der Waals surface area contributed by atoms with Gasteiger partial charge in [-0.3, -0.25) is 10.3 Å². The molecule has 1 heterocycles. The van der Waals surface area contributed by atoms with Crippen LogP contribution in [0.5, 0.6) is 0 Å². The Bertz CT molecular complexity index is 761. The lowest BCUT2D eigenvalue weighted by atomic mass is 9.90. The van der Waals surface area contributed by atoms with Gasteiger partial charge in [-0.1, -0.05) is 28.1 Å². The molecule has 1 N–H and O–H groups in total. The lowest BCUT2D eigenvalue weighted by Gasteiger charge is -2.42. The van der Waals surface area contributed by atoms with Gasteiger partial charge >= 0.3 is 12.3 Å². The monoisotopic (exact) mass is 450 g/mol. The minimum Gasteiger partial charge on any atom is -0.444 e. The van der Waals surface area contributed by atoms with Crippen LogP contribution in [0.2, 0.25) is 0 Å². The van der Waals surface area contributed by atoms with Crippen molar-refractivity contribution in [1.29, 1.82) is 0 Å². The maximum absolute atomic E-state index is 13.7. The van der Waals surface area contributed by atoms with Gasteiger partial charge in [0.25, 0.3) is 0 Å². The molecule has 0 saturated carbocycles. The Balaban J connectivity index is 2.48. The summed E-state index contributed by atoms with van der Waals surface area (Å²) in [5.74, 6) is -0.641. The summed E-state index contributed by atoms with van der Waals surface area (Å²) >= 11 is 3.34. The number of carbonyl (C=O) groups is 1. The molecular weight excluding hydrogens is 429 g/mol. The van der Waals surface area contributed by atoms with Crippen LogP contribution in [0.3, 0.4) is 0 Å². The van der Waals surface area contributed by atoms with Gasteiger partial charge in [0.2, 0.25) is 5.60 Å². The fourth-order valence-corrected chi connectivity index (χ4v) is 2.87. The van der Waals surface area contributed by atoms with E-state index in [0.717, 1.165) is 11.4 Å². The van der Waals surface area contributed by atoms with Crippen LogP contribution in [0.15, 0.2) is 33.7 Å². The van der Waals surface area contributed by atoms with Crippen molar-refractivity contribution in [3.05, 3.63) is 34.3 Å². The fourth-order valence-electron chi connectivity index (χ4n) is 2.47. The van der Waals surface area contributed by atoms with E-state index < -0.39 is 34.8 Å². The van der Waals surface area contributed by atoms with Gasteiger partial charge in [0, 0.05) is 4.47 Å². The van der Waals surface area contributed by atoms with Gasteiger partial charge in [-0.25, -0.2) is 4.79 Å². The molecule has 1 amide bonds. The van der Waals surface area contributed by atoms with E-state index in [-0.39, 0.29) is 6.61 Å². The van der Waals surface area contributed by atoms with E-state index in [1.165, 1.54) is 0 Å². The molecule has 1 aliphatic heterocycles. The molecule has 27 heavy (non-hydrogen) atoms. The smallest absolute Gasteiger partial charge is 0.424 e. The van der Waals surface area contributed by atoms with Crippen molar-refractivity contribution in [3.8, 4) is 0 Å². The summed E-state index contributed by atoms with van der Waals surface area (Å²) in [6.07, 6.45) is -5.81. The highest BCUT2D eigenvalue weighted by Gasteiger charge is 2.60. The first-order valence-electron chi connectivity index (χ1n) is 8.23. The van der Waals surface area contributed by atoms with Gasteiger partial charge in [0.15, 0.2) is 0 Å². The van der Waals surface area contributed by atoms with Gasteiger partial charge in [-0.15, -0.1) is 0 Å². The number of rotatable bonds is 1. The number of alkyl halides is 3. The van der Waals surface area contributed by atoms with E-state index in [1.54, 1.807) is 52.0 Å². The third-order valence-corrected chi connectivity index (χ3v) is 4.55. The zero-order chi connectivity index (χ0) is 20.7. The number of benzene rings is 1. The molecule has 0 fully saturated rings. The molecule has 0 radical (unpaired) electrons. The number of hydrogen-bond donors (Lipinski definition) is 1. The Morgan fingerprint density at radius 3 is 2.44 bits per heavy atom. The minimum atomic E-state index is -4.78. The first kappa shape index (κ1) is 21.7. The summed E-state index contributed by atoms with van der Waals surface area (Å²) in [4.78, 5) is 16.4. The van der Waals surface area contributed by atoms with Crippen LogP contribution in [0.4, 0.5) is 18.0 Å². The normalized spacial score (nSPS) is 26.3. The number of carbonyl (C=O) groups excluding carboxylic acids is 1. The van der Waals surface area contributed by atoms with Crippen molar-refractivity contribution >= 4 is 27.9 Å². The van der Waals surface area contributed by atoms with Crippen molar-refractivity contribution in [2.24, 2.45) is 4.99 Å². The average molecular weight is 451 g/mol. The molecule has 2 atom stereocenters. The van der Waals surface area contributed by atoms with Crippen molar-refractivity contribution in [3.63, 3.8) is 0 Å². The maximum atomic E-state index is 13.7. The molecule has 0 bridgehead atoms. The summed E-state index contributed by atoms with van der Waals surface area (Å²) < 4.78 is 52.1. The Morgan fingerprint density at radius 2 is 1.93 bits per heavy atom. The standard InChI is InChI=1S/C18H22BrF3N2O3/c1-15(2,3)27-14(25)23-13-17(5,18(20,21)22)26-10-16(4,24-13)11-7-6-8-12(19)9-11/h6-9H,10H2,1-5H3,(H,23,24,25). The molecule has 0 aromatic heterocycles. The molecule has 5 nitrogen and oxygen atoms in total. The predicted molar refractivity (Wildman–Crippen MR) is 98.7 cm³/mol. The van der Waals surface area contributed by atoms with E-state index in [0.29, 0.717) is 5.56 Å². The van der Waals surface area contributed by atoms with Gasteiger partial charge in [0.05, 0.1) is 6.61 Å². The number of halogens is 4. The van der Waals surface area contributed by atoms with E-state index in [2.05, 4.69) is 26.2 Å².